The van der Waals surface area contributed by atoms with E-state index < -0.39 is 15.7 Å². The highest BCUT2D eigenvalue weighted by molar-refractivity contribution is 7.88. The van der Waals surface area contributed by atoms with Crippen molar-refractivity contribution in [3.63, 3.8) is 0 Å². The number of rotatable bonds is 6. The molecule has 0 aliphatic carbocycles. The van der Waals surface area contributed by atoms with E-state index in [0.717, 1.165) is 11.3 Å². The standard InChI is InChI=1S/C17H15NO5S2/c1-23-13-5-2-4-12(10-13)16(19)17(8-3-9-18-17)11-14-6-7-15(24-14)25(20,21)22/h2-10H,11H2,1H3,(H,20,21,22). The van der Waals surface area contributed by atoms with E-state index in [1.165, 1.54) is 13.2 Å². The molecule has 8 heteroatoms. The average molecular weight is 377 g/mol. The Morgan fingerprint density at radius 3 is 2.72 bits per heavy atom. The highest BCUT2D eigenvalue weighted by Crippen LogP contribution is 2.32. The normalized spacial score (nSPS) is 19.3. The van der Waals surface area contributed by atoms with Crippen LogP contribution in [-0.2, 0) is 16.5 Å². The number of hydrogen-bond donors (Lipinski definition) is 1. The predicted octanol–water partition coefficient (Wildman–Crippen LogP) is 2.81. The Bertz CT molecular complexity index is 960. The summed E-state index contributed by atoms with van der Waals surface area (Å²) in [4.78, 5) is 18.0. The topological polar surface area (TPSA) is 93.0 Å². The van der Waals surface area contributed by atoms with Gasteiger partial charge in [-0.15, -0.1) is 11.3 Å². The van der Waals surface area contributed by atoms with E-state index in [1.54, 1.807) is 48.7 Å². The maximum Gasteiger partial charge on any atom is 0.304 e. The molecule has 1 aromatic heterocycles. The zero-order valence-electron chi connectivity index (χ0n) is 13.2. The minimum Gasteiger partial charge on any atom is -0.497 e. The van der Waals surface area contributed by atoms with Gasteiger partial charge < -0.3 is 4.74 Å². The summed E-state index contributed by atoms with van der Waals surface area (Å²) >= 11 is 0.923. The van der Waals surface area contributed by atoms with Crippen molar-refractivity contribution in [1.29, 1.82) is 0 Å². The van der Waals surface area contributed by atoms with E-state index in [1.807, 2.05) is 0 Å². The fraction of sp³-hybridized carbons (Fsp3) is 0.176. The third kappa shape index (κ3) is 3.55. The number of carbonyl (C=O) groups excluding carboxylic acids is 1. The van der Waals surface area contributed by atoms with Gasteiger partial charge in [0.25, 0.3) is 0 Å². The molecule has 1 aliphatic heterocycles. The lowest BCUT2D eigenvalue weighted by molar-refractivity contribution is 0.0924. The Balaban J connectivity index is 1.94. The molecule has 0 saturated carbocycles. The van der Waals surface area contributed by atoms with Gasteiger partial charge in [-0.1, -0.05) is 12.1 Å². The van der Waals surface area contributed by atoms with Crippen LogP contribution in [0.25, 0.3) is 0 Å². The fourth-order valence-electron chi connectivity index (χ4n) is 2.61. The minimum absolute atomic E-state index is 0.155. The zero-order chi connectivity index (χ0) is 18.1. The van der Waals surface area contributed by atoms with Crippen LogP contribution in [0.5, 0.6) is 5.75 Å². The number of carbonyl (C=O) groups is 1. The monoisotopic (exact) mass is 377 g/mol. The van der Waals surface area contributed by atoms with Crippen molar-refractivity contribution in [3.05, 3.63) is 59.0 Å². The number of aliphatic imine (C=N–C) groups is 1. The number of methoxy groups -OCH3 is 1. The molecule has 0 fully saturated rings. The second kappa shape index (κ2) is 6.55. The lowest BCUT2D eigenvalue weighted by Gasteiger charge is -2.22. The molecular formula is C17H15NO5S2. The first-order valence-corrected chi connectivity index (χ1v) is 9.58. The second-order valence-corrected chi connectivity index (χ2v) is 8.31. The van der Waals surface area contributed by atoms with Gasteiger partial charge >= 0.3 is 10.1 Å². The molecule has 25 heavy (non-hydrogen) atoms. The van der Waals surface area contributed by atoms with Gasteiger partial charge in [0.05, 0.1) is 7.11 Å². The first kappa shape index (κ1) is 17.5. The van der Waals surface area contributed by atoms with Gasteiger partial charge in [0, 0.05) is 23.1 Å². The Hall–Kier alpha value is -2.29. The van der Waals surface area contributed by atoms with E-state index in [0.29, 0.717) is 16.2 Å². The van der Waals surface area contributed by atoms with E-state index in [-0.39, 0.29) is 16.4 Å². The molecule has 130 valence electrons. The number of benzene rings is 1. The van der Waals surface area contributed by atoms with E-state index in [2.05, 4.69) is 4.99 Å². The number of ether oxygens (including phenoxy) is 1. The number of thiophene rings is 1. The summed E-state index contributed by atoms with van der Waals surface area (Å²) in [6.07, 6.45) is 5.14. The lowest BCUT2D eigenvalue weighted by Crippen LogP contribution is -2.35. The SMILES string of the molecule is COc1cccc(C(=O)C2(Cc3ccc(S(=O)(=O)O)s3)C=CC=N2)c1. The van der Waals surface area contributed by atoms with Crippen LogP contribution in [0, 0.1) is 0 Å². The van der Waals surface area contributed by atoms with Crippen LogP contribution >= 0.6 is 11.3 Å². The van der Waals surface area contributed by atoms with Gasteiger partial charge in [-0.05, 0) is 36.4 Å². The smallest absolute Gasteiger partial charge is 0.304 e. The lowest BCUT2D eigenvalue weighted by atomic mass is 9.86. The van der Waals surface area contributed by atoms with Gasteiger partial charge in [-0.25, -0.2) is 0 Å². The van der Waals surface area contributed by atoms with Crippen molar-refractivity contribution < 1.29 is 22.5 Å². The number of hydrogen-bond acceptors (Lipinski definition) is 6. The van der Waals surface area contributed by atoms with Crippen molar-refractivity contribution in [2.75, 3.05) is 7.11 Å². The molecule has 1 aromatic carbocycles. The Morgan fingerprint density at radius 1 is 1.32 bits per heavy atom. The third-order valence-electron chi connectivity index (χ3n) is 3.82. The Labute approximate surface area is 149 Å². The maximum absolute atomic E-state index is 13.1. The molecule has 0 amide bonds. The van der Waals surface area contributed by atoms with E-state index in [9.17, 15) is 13.2 Å². The van der Waals surface area contributed by atoms with Crippen LogP contribution in [-0.4, -0.2) is 37.6 Å². The van der Waals surface area contributed by atoms with Crippen molar-refractivity contribution in [1.82, 2.24) is 0 Å². The highest BCUT2D eigenvalue weighted by atomic mass is 32.3. The molecule has 0 spiro atoms. The van der Waals surface area contributed by atoms with E-state index in [4.69, 9.17) is 9.29 Å². The number of ketones is 1. The maximum atomic E-state index is 13.1. The van der Waals surface area contributed by atoms with Gasteiger partial charge in [0.2, 0.25) is 0 Å². The summed E-state index contributed by atoms with van der Waals surface area (Å²) in [5.74, 6) is 0.356. The minimum atomic E-state index is -4.26. The molecule has 0 saturated heterocycles. The second-order valence-electron chi connectivity index (χ2n) is 5.50. The Kier molecular flexibility index (Phi) is 4.59. The summed E-state index contributed by atoms with van der Waals surface area (Å²) in [6.45, 7) is 0. The summed E-state index contributed by atoms with van der Waals surface area (Å²) in [5, 5.41) is 0. The quantitative estimate of drug-likeness (QED) is 0.617. The van der Waals surface area contributed by atoms with Gasteiger partial charge in [-0.3, -0.25) is 14.3 Å². The summed E-state index contributed by atoms with van der Waals surface area (Å²) in [7, 11) is -2.73. The van der Waals surface area contributed by atoms with Crippen LogP contribution in [0.15, 0.2) is 57.8 Å². The molecule has 1 N–H and O–H groups in total. The molecule has 2 aromatic rings. The molecule has 1 unspecified atom stereocenters. The number of Topliss-reactive ketones (excluding diaryl/α,β-unsaturated/α-hetero) is 1. The van der Waals surface area contributed by atoms with Gasteiger partial charge in [-0.2, -0.15) is 8.42 Å². The predicted molar refractivity (Wildman–Crippen MR) is 95.5 cm³/mol. The Morgan fingerprint density at radius 2 is 2.12 bits per heavy atom. The summed E-state index contributed by atoms with van der Waals surface area (Å²) in [6, 6.07) is 9.70. The average Bonchev–Trinajstić information content (AvgIpc) is 3.24. The number of allylic oxidation sites excluding steroid dienone is 1. The van der Waals surface area contributed by atoms with Crippen molar-refractivity contribution in [2.24, 2.45) is 4.99 Å². The van der Waals surface area contributed by atoms with E-state index >= 15 is 0 Å². The molecular weight excluding hydrogens is 362 g/mol. The van der Waals surface area contributed by atoms with Gasteiger partial charge in [0.1, 0.15) is 15.5 Å². The van der Waals surface area contributed by atoms with Crippen LogP contribution in [0.4, 0.5) is 0 Å². The molecule has 0 radical (unpaired) electrons. The molecule has 2 heterocycles. The van der Waals surface area contributed by atoms with Crippen LogP contribution < -0.4 is 4.74 Å². The van der Waals surface area contributed by atoms with Crippen molar-refractivity contribution in [3.8, 4) is 5.75 Å². The molecule has 1 atom stereocenters. The molecule has 0 bridgehead atoms. The van der Waals surface area contributed by atoms with Crippen molar-refractivity contribution >= 4 is 33.5 Å². The highest BCUT2D eigenvalue weighted by Gasteiger charge is 2.38. The first-order chi connectivity index (χ1) is 11.8. The van der Waals surface area contributed by atoms with Crippen LogP contribution in [0.3, 0.4) is 0 Å². The largest absolute Gasteiger partial charge is 0.497 e. The first-order valence-electron chi connectivity index (χ1n) is 7.32. The molecule has 6 nitrogen and oxygen atoms in total. The zero-order valence-corrected chi connectivity index (χ0v) is 14.9. The fourth-order valence-corrected chi connectivity index (χ4v) is 4.42. The number of nitrogens with zero attached hydrogens (tertiary/aromatic N) is 1. The molecule has 1 aliphatic rings. The van der Waals surface area contributed by atoms with Crippen LogP contribution in [0.2, 0.25) is 0 Å². The van der Waals surface area contributed by atoms with Crippen molar-refractivity contribution in [2.45, 2.75) is 16.2 Å². The van der Waals surface area contributed by atoms with Gasteiger partial charge in [0.15, 0.2) is 5.78 Å². The summed E-state index contributed by atoms with van der Waals surface area (Å²) < 4.78 is 36.6. The van der Waals surface area contributed by atoms with Crippen LogP contribution in [0.1, 0.15) is 15.2 Å². The molecule has 3 rings (SSSR count). The third-order valence-corrected chi connectivity index (χ3v) is 6.23. The summed E-state index contributed by atoms with van der Waals surface area (Å²) in [5.41, 5.74) is -0.678.